The van der Waals surface area contributed by atoms with Crippen molar-refractivity contribution in [1.29, 1.82) is 0 Å². The fourth-order valence-electron chi connectivity index (χ4n) is 1.53. The number of aromatic nitrogens is 3. The summed E-state index contributed by atoms with van der Waals surface area (Å²) >= 11 is 1.54. The maximum absolute atomic E-state index is 5.12. The average Bonchev–Trinajstić information content (AvgIpc) is 2.82. The first-order valence-electron chi connectivity index (χ1n) is 5.09. The topological polar surface area (TPSA) is 47.9 Å². The summed E-state index contributed by atoms with van der Waals surface area (Å²) in [6.45, 7) is 0. The largest absolute Gasteiger partial charge is 0.497 e. The molecule has 0 amide bonds. The average molecular weight is 243 g/mol. The Balaban J connectivity index is 2.07. The molecular weight excluding hydrogens is 234 g/mol. The van der Waals surface area contributed by atoms with Crippen LogP contribution in [-0.2, 0) is 0 Å². The molecule has 0 spiro atoms. The minimum absolute atomic E-state index is 0.698. The zero-order chi connectivity index (χ0) is 11.7. The molecule has 0 saturated carbocycles. The third-order valence-corrected chi connectivity index (χ3v) is 3.39. The van der Waals surface area contributed by atoms with Gasteiger partial charge in [-0.1, -0.05) is 11.3 Å². The SMILES string of the molecule is COc1ccc(-c2nc3nccnc3s2)cc1. The van der Waals surface area contributed by atoms with Gasteiger partial charge in [0.15, 0.2) is 10.5 Å². The Bertz CT molecular complexity index is 615. The zero-order valence-electron chi connectivity index (χ0n) is 9.12. The quantitative estimate of drug-likeness (QED) is 0.694. The number of thiazole rings is 1. The highest BCUT2D eigenvalue weighted by Crippen LogP contribution is 2.28. The molecule has 0 aliphatic heterocycles. The van der Waals surface area contributed by atoms with Crippen molar-refractivity contribution in [3.63, 3.8) is 0 Å². The molecule has 0 atom stereocenters. The lowest BCUT2D eigenvalue weighted by atomic mass is 10.2. The van der Waals surface area contributed by atoms with Gasteiger partial charge in [0, 0.05) is 18.0 Å². The molecule has 0 saturated heterocycles. The van der Waals surface area contributed by atoms with Crippen LogP contribution in [0.25, 0.3) is 21.0 Å². The Morgan fingerprint density at radius 2 is 1.82 bits per heavy atom. The first kappa shape index (κ1) is 10.2. The lowest BCUT2D eigenvalue weighted by molar-refractivity contribution is 0.415. The van der Waals surface area contributed by atoms with Crippen LogP contribution in [0.2, 0.25) is 0 Å². The fourth-order valence-corrected chi connectivity index (χ4v) is 2.41. The molecule has 0 aliphatic rings. The molecule has 84 valence electrons. The van der Waals surface area contributed by atoms with Gasteiger partial charge in [0.2, 0.25) is 0 Å². The van der Waals surface area contributed by atoms with Gasteiger partial charge >= 0.3 is 0 Å². The van der Waals surface area contributed by atoms with E-state index in [1.165, 1.54) is 11.3 Å². The summed E-state index contributed by atoms with van der Waals surface area (Å²) in [6.07, 6.45) is 3.33. The van der Waals surface area contributed by atoms with Crippen LogP contribution in [0.15, 0.2) is 36.7 Å². The number of hydrogen-bond donors (Lipinski definition) is 0. The van der Waals surface area contributed by atoms with E-state index >= 15 is 0 Å². The summed E-state index contributed by atoms with van der Waals surface area (Å²) < 4.78 is 5.12. The van der Waals surface area contributed by atoms with E-state index in [1.54, 1.807) is 19.5 Å². The molecule has 0 bridgehead atoms. The van der Waals surface area contributed by atoms with Crippen molar-refractivity contribution in [1.82, 2.24) is 15.0 Å². The Labute approximate surface area is 102 Å². The van der Waals surface area contributed by atoms with Crippen molar-refractivity contribution in [2.45, 2.75) is 0 Å². The number of benzene rings is 1. The summed E-state index contributed by atoms with van der Waals surface area (Å²) in [5, 5.41) is 0.925. The van der Waals surface area contributed by atoms with Crippen molar-refractivity contribution < 1.29 is 4.74 Å². The molecule has 3 rings (SSSR count). The second-order valence-corrected chi connectivity index (χ2v) is 4.41. The standard InChI is InChI=1S/C12H9N3OS/c1-16-9-4-2-8(3-5-9)11-15-10-12(17-11)14-7-6-13-10/h2-7H,1H3. The molecule has 2 heterocycles. The van der Waals surface area contributed by atoms with E-state index in [-0.39, 0.29) is 0 Å². The van der Waals surface area contributed by atoms with E-state index in [4.69, 9.17) is 4.74 Å². The lowest BCUT2D eigenvalue weighted by Gasteiger charge is -1.99. The van der Waals surface area contributed by atoms with Crippen LogP contribution in [0, 0.1) is 0 Å². The van der Waals surface area contributed by atoms with Crippen molar-refractivity contribution in [3.05, 3.63) is 36.7 Å². The maximum atomic E-state index is 5.12. The molecule has 0 N–H and O–H groups in total. The second kappa shape index (κ2) is 4.10. The highest BCUT2D eigenvalue weighted by atomic mass is 32.1. The number of nitrogens with zero attached hydrogens (tertiary/aromatic N) is 3. The van der Waals surface area contributed by atoms with Crippen molar-refractivity contribution in [3.8, 4) is 16.3 Å². The normalized spacial score (nSPS) is 10.6. The van der Waals surface area contributed by atoms with Gasteiger partial charge in [-0.05, 0) is 24.3 Å². The molecule has 3 aromatic rings. The monoisotopic (exact) mass is 243 g/mol. The number of fused-ring (bicyclic) bond motifs is 1. The predicted octanol–water partition coefficient (Wildman–Crippen LogP) is 2.76. The van der Waals surface area contributed by atoms with E-state index in [2.05, 4.69) is 15.0 Å². The molecule has 17 heavy (non-hydrogen) atoms. The molecule has 0 fully saturated rings. The third-order valence-electron chi connectivity index (χ3n) is 2.38. The summed E-state index contributed by atoms with van der Waals surface area (Å²) in [5.74, 6) is 0.839. The third kappa shape index (κ3) is 1.85. The summed E-state index contributed by atoms with van der Waals surface area (Å²) in [5.41, 5.74) is 1.75. The summed E-state index contributed by atoms with van der Waals surface area (Å²) in [4.78, 5) is 13.7. The Kier molecular flexibility index (Phi) is 2.45. The summed E-state index contributed by atoms with van der Waals surface area (Å²) in [7, 11) is 1.65. The molecule has 0 radical (unpaired) electrons. The molecule has 2 aromatic heterocycles. The Morgan fingerprint density at radius 3 is 2.53 bits per heavy atom. The Hall–Kier alpha value is -2.01. The van der Waals surface area contributed by atoms with Gasteiger partial charge in [-0.15, -0.1) is 0 Å². The first-order valence-corrected chi connectivity index (χ1v) is 5.90. The van der Waals surface area contributed by atoms with Crippen LogP contribution in [0.3, 0.4) is 0 Å². The summed E-state index contributed by atoms with van der Waals surface area (Å²) in [6, 6.07) is 7.80. The zero-order valence-corrected chi connectivity index (χ0v) is 9.94. The van der Waals surface area contributed by atoms with Gasteiger partial charge in [-0.2, -0.15) is 0 Å². The minimum atomic E-state index is 0.698. The second-order valence-electron chi connectivity index (χ2n) is 3.43. The van der Waals surface area contributed by atoms with Gasteiger partial charge in [0.05, 0.1) is 7.11 Å². The van der Waals surface area contributed by atoms with E-state index in [9.17, 15) is 0 Å². The molecule has 1 aromatic carbocycles. The smallest absolute Gasteiger partial charge is 0.190 e. The van der Waals surface area contributed by atoms with Gasteiger partial charge in [0.25, 0.3) is 0 Å². The van der Waals surface area contributed by atoms with E-state index < -0.39 is 0 Å². The fraction of sp³-hybridized carbons (Fsp3) is 0.0833. The first-order chi connectivity index (χ1) is 8.36. The number of methoxy groups -OCH3 is 1. The van der Waals surface area contributed by atoms with Crippen LogP contribution < -0.4 is 4.74 Å². The van der Waals surface area contributed by atoms with Crippen LogP contribution in [0.4, 0.5) is 0 Å². The maximum Gasteiger partial charge on any atom is 0.190 e. The van der Waals surface area contributed by atoms with Crippen LogP contribution in [0.1, 0.15) is 0 Å². The van der Waals surface area contributed by atoms with E-state index in [0.29, 0.717) is 5.65 Å². The van der Waals surface area contributed by atoms with Gasteiger partial charge in [-0.25, -0.2) is 15.0 Å². The molecule has 0 unspecified atom stereocenters. The predicted molar refractivity (Wildman–Crippen MR) is 67.2 cm³/mol. The molecule has 5 heteroatoms. The molecule has 4 nitrogen and oxygen atoms in total. The highest BCUT2D eigenvalue weighted by molar-refractivity contribution is 7.21. The number of hydrogen-bond acceptors (Lipinski definition) is 5. The van der Waals surface area contributed by atoms with Crippen molar-refractivity contribution in [2.75, 3.05) is 7.11 Å². The van der Waals surface area contributed by atoms with Gasteiger partial charge in [-0.3, -0.25) is 0 Å². The van der Waals surface area contributed by atoms with Crippen molar-refractivity contribution >= 4 is 21.8 Å². The molecule has 0 aliphatic carbocycles. The van der Waals surface area contributed by atoms with Crippen molar-refractivity contribution in [2.24, 2.45) is 0 Å². The molecular formula is C12H9N3OS. The highest BCUT2D eigenvalue weighted by Gasteiger charge is 2.07. The van der Waals surface area contributed by atoms with Crippen LogP contribution in [-0.4, -0.2) is 22.1 Å². The van der Waals surface area contributed by atoms with Crippen LogP contribution >= 0.6 is 11.3 Å². The van der Waals surface area contributed by atoms with Crippen LogP contribution in [0.5, 0.6) is 5.75 Å². The van der Waals surface area contributed by atoms with Gasteiger partial charge < -0.3 is 4.74 Å². The lowest BCUT2D eigenvalue weighted by Crippen LogP contribution is -1.82. The number of rotatable bonds is 2. The van der Waals surface area contributed by atoms with E-state index in [1.807, 2.05) is 24.3 Å². The minimum Gasteiger partial charge on any atom is -0.497 e. The van der Waals surface area contributed by atoms with Gasteiger partial charge in [0.1, 0.15) is 10.8 Å². The number of ether oxygens (including phenoxy) is 1. The Morgan fingerprint density at radius 1 is 1.06 bits per heavy atom. The van der Waals surface area contributed by atoms with E-state index in [0.717, 1.165) is 21.2 Å².